The number of hydrogen-bond donors (Lipinski definition) is 2. The Morgan fingerprint density at radius 3 is 3.14 bits per heavy atom. The summed E-state index contributed by atoms with van der Waals surface area (Å²) in [7, 11) is 0. The van der Waals surface area contributed by atoms with E-state index in [1.807, 2.05) is 6.07 Å². The van der Waals surface area contributed by atoms with E-state index in [4.69, 9.17) is 0 Å². The van der Waals surface area contributed by atoms with E-state index in [2.05, 4.69) is 39.8 Å². The molecule has 0 aliphatic heterocycles. The molecule has 1 spiro atoms. The number of carbonyl (C=O) groups is 1. The lowest BCUT2D eigenvalue weighted by atomic mass is 9.95. The van der Waals surface area contributed by atoms with Crippen molar-refractivity contribution in [1.82, 2.24) is 15.5 Å². The monoisotopic (exact) mass is 281 g/mol. The number of nitrogens with one attached hydrogen (secondary N) is 2. The summed E-state index contributed by atoms with van der Waals surface area (Å²) >= 11 is 0. The first-order chi connectivity index (χ1) is 10.3. The van der Waals surface area contributed by atoms with Gasteiger partial charge in [-0.2, -0.15) is 5.10 Å². The van der Waals surface area contributed by atoms with E-state index in [1.165, 1.54) is 30.4 Å². The molecule has 2 aromatic rings. The SMILES string of the molecule is O=C(Cc1ccn[nH]1)NCC1CC12CCc1ccccc12. The van der Waals surface area contributed by atoms with Crippen LogP contribution in [0.3, 0.4) is 0 Å². The number of H-pyrrole nitrogens is 1. The molecule has 1 heterocycles. The third-order valence-corrected chi connectivity index (χ3v) is 5.08. The summed E-state index contributed by atoms with van der Waals surface area (Å²) in [6.07, 6.45) is 5.71. The number of carbonyl (C=O) groups excluding carboxylic acids is 1. The quantitative estimate of drug-likeness (QED) is 0.900. The third kappa shape index (κ3) is 2.15. The third-order valence-electron chi connectivity index (χ3n) is 5.08. The van der Waals surface area contributed by atoms with E-state index in [-0.39, 0.29) is 5.91 Å². The minimum Gasteiger partial charge on any atom is -0.355 e. The molecule has 2 aliphatic rings. The van der Waals surface area contributed by atoms with Gasteiger partial charge in [0.1, 0.15) is 0 Å². The highest BCUT2D eigenvalue weighted by Gasteiger charge is 2.57. The molecule has 0 saturated heterocycles. The first-order valence-corrected chi connectivity index (χ1v) is 7.61. The van der Waals surface area contributed by atoms with Crippen LogP contribution in [0.1, 0.15) is 29.7 Å². The molecule has 4 rings (SSSR count). The smallest absolute Gasteiger partial charge is 0.226 e. The van der Waals surface area contributed by atoms with E-state index in [9.17, 15) is 4.79 Å². The zero-order valence-electron chi connectivity index (χ0n) is 11.9. The van der Waals surface area contributed by atoms with Crippen LogP contribution in [-0.4, -0.2) is 22.6 Å². The molecule has 2 atom stereocenters. The Labute approximate surface area is 124 Å². The fourth-order valence-electron chi connectivity index (χ4n) is 3.86. The van der Waals surface area contributed by atoms with Gasteiger partial charge < -0.3 is 5.32 Å². The summed E-state index contributed by atoms with van der Waals surface area (Å²) in [5.41, 5.74) is 4.25. The standard InChI is InChI=1S/C17H19N3O/c21-16(9-14-6-8-19-20-14)18-11-13-10-17(13)7-5-12-3-1-2-4-15(12)17/h1-4,6,8,13H,5,7,9-11H2,(H,18,21)(H,19,20). The Morgan fingerprint density at radius 1 is 1.38 bits per heavy atom. The van der Waals surface area contributed by atoms with Crippen LogP contribution in [0.15, 0.2) is 36.5 Å². The van der Waals surface area contributed by atoms with Gasteiger partial charge in [-0.1, -0.05) is 24.3 Å². The molecule has 4 heteroatoms. The lowest BCUT2D eigenvalue weighted by Gasteiger charge is -2.12. The first-order valence-electron chi connectivity index (χ1n) is 7.61. The molecule has 4 nitrogen and oxygen atoms in total. The highest BCUT2D eigenvalue weighted by Crippen LogP contribution is 2.61. The van der Waals surface area contributed by atoms with Crippen LogP contribution in [-0.2, 0) is 23.1 Å². The molecule has 1 amide bonds. The molecular weight excluding hydrogens is 262 g/mol. The Morgan fingerprint density at radius 2 is 2.29 bits per heavy atom. The van der Waals surface area contributed by atoms with Crippen molar-refractivity contribution >= 4 is 5.91 Å². The topological polar surface area (TPSA) is 57.8 Å². The molecule has 1 fully saturated rings. The van der Waals surface area contributed by atoms with Crippen molar-refractivity contribution in [1.29, 1.82) is 0 Å². The number of fused-ring (bicyclic) bond motifs is 2. The number of aromatic nitrogens is 2. The van der Waals surface area contributed by atoms with E-state index < -0.39 is 0 Å². The summed E-state index contributed by atoms with van der Waals surface area (Å²) in [5.74, 6) is 0.680. The molecule has 1 aromatic heterocycles. The van der Waals surface area contributed by atoms with Gasteiger partial charge in [-0.25, -0.2) is 0 Å². The van der Waals surface area contributed by atoms with Crippen molar-refractivity contribution in [2.45, 2.75) is 31.1 Å². The van der Waals surface area contributed by atoms with Gasteiger partial charge in [0.2, 0.25) is 5.91 Å². The summed E-state index contributed by atoms with van der Waals surface area (Å²) in [5, 5.41) is 9.76. The molecule has 2 N–H and O–H groups in total. The van der Waals surface area contributed by atoms with Gasteiger partial charge >= 0.3 is 0 Å². The largest absolute Gasteiger partial charge is 0.355 e. The number of benzene rings is 1. The highest BCUT2D eigenvalue weighted by molar-refractivity contribution is 5.78. The maximum absolute atomic E-state index is 11.9. The minimum absolute atomic E-state index is 0.0765. The first kappa shape index (κ1) is 12.6. The Balaban J connectivity index is 1.35. The second-order valence-corrected chi connectivity index (χ2v) is 6.28. The molecule has 1 aromatic carbocycles. The van der Waals surface area contributed by atoms with Gasteiger partial charge in [-0.15, -0.1) is 0 Å². The van der Waals surface area contributed by atoms with Gasteiger partial charge in [0, 0.05) is 23.9 Å². The molecule has 0 radical (unpaired) electrons. The highest BCUT2D eigenvalue weighted by atomic mass is 16.1. The summed E-state index contributed by atoms with van der Waals surface area (Å²) < 4.78 is 0. The zero-order valence-corrected chi connectivity index (χ0v) is 11.9. The Hall–Kier alpha value is -2.10. The van der Waals surface area contributed by atoms with Crippen molar-refractivity contribution in [2.24, 2.45) is 5.92 Å². The molecule has 21 heavy (non-hydrogen) atoms. The van der Waals surface area contributed by atoms with Crippen LogP contribution in [0.5, 0.6) is 0 Å². The van der Waals surface area contributed by atoms with Crippen molar-refractivity contribution in [3.05, 3.63) is 53.3 Å². The van der Waals surface area contributed by atoms with E-state index in [0.29, 0.717) is 17.8 Å². The second kappa shape index (κ2) is 4.72. The summed E-state index contributed by atoms with van der Waals surface area (Å²) in [6, 6.07) is 10.6. The molecule has 0 bridgehead atoms. The van der Waals surface area contributed by atoms with Gasteiger partial charge in [-0.05, 0) is 42.4 Å². The predicted molar refractivity (Wildman–Crippen MR) is 79.8 cm³/mol. The van der Waals surface area contributed by atoms with Crippen LogP contribution in [0.4, 0.5) is 0 Å². The van der Waals surface area contributed by atoms with Crippen molar-refractivity contribution in [2.75, 3.05) is 6.54 Å². The van der Waals surface area contributed by atoms with Crippen molar-refractivity contribution in [3.63, 3.8) is 0 Å². The maximum atomic E-state index is 11.9. The zero-order chi connectivity index (χ0) is 14.3. The minimum atomic E-state index is 0.0765. The lowest BCUT2D eigenvalue weighted by Crippen LogP contribution is -2.29. The average molecular weight is 281 g/mol. The van der Waals surface area contributed by atoms with Crippen LogP contribution in [0, 0.1) is 5.92 Å². The normalized spacial score (nSPS) is 25.8. The fourth-order valence-corrected chi connectivity index (χ4v) is 3.86. The van der Waals surface area contributed by atoms with Gasteiger partial charge in [0.25, 0.3) is 0 Å². The van der Waals surface area contributed by atoms with Gasteiger partial charge in [0.05, 0.1) is 6.42 Å². The molecule has 2 aliphatic carbocycles. The van der Waals surface area contributed by atoms with E-state index in [0.717, 1.165) is 12.2 Å². The van der Waals surface area contributed by atoms with Gasteiger partial charge in [-0.3, -0.25) is 9.89 Å². The molecule has 1 saturated carbocycles. The number of aryl methyl sites for hydroxylation is 1. The molecular formula is C17H19N3O. The Bertz CT molecular complexity index is 664. The number of amides is 1. The molecule has 108 valence electrons. The second-order valence-electron chi connectivity index (χ2n) is 6.28. The number of aromatic amines is 1. The summed E-state index contributed by atoms with van der Waals surface area (Å²) in [6.45, 7) is 0.793. The predicted octanol–water partition coefficient (Wildman–Crippen LogP) is 1.97. The van der Waals surface area contributed by atoms with Crippen molar-refractivity contribution in [3.8, 4) is 0 Å². The maximum Gasteiger partial charge on any atom is 0.226 e. The lowest BCUT2D eigenvalue weighted by molar-refractivity contribution is -0.120. The van der Waals surface area contributed by atoms with Crippen LogP contribution >= 0.6 is 0 Å². The number of hydrogen-bond acceptors (Lipinski definition) is 2. The van der Waals surface area contributed by atoms with Crippen molar-refractivity contribution < 1.29 is 4.79 Å². The van der Waals surface area contributed by atoms with Crippen LogP contribution in [0.2, 0.25) is 0 Å². The van der Waals surface area contributed by atoms with Crippen LogP contribution in [0.25, 0.3) is 0 Å². The average Bonchev–Trinajstić information content (AvgIpc) is 2.83. The van der Waals surface area contributed by atoms with E-state index in [1.54, 1.807) is 6.20 Å². The van der Waals surface area contributed by atoms with Crippen LogP contribution < -0.4 is 5.32 Å². The Kier molecular flexibility index (Phi) is 2.84. The molecule has 2 unspecified atom stereocenters. The number of rotatable bonds is 4. The number of nitrogens with zero attached hydrogens (tertiary/aromatic N) is 1. The van der Waals surface area contributed by atoms with E-state index >= 15 is 0 Å². The van der Waals surface area contributed by atoms with Gasteiger partial charge in [0.15, 0.2) is 0 Å². The summed E-state index contributed by atoms with van der Waals surface area (Å²) in [4.78, 5) is 11.9. The fraction of sp³-hybridized carbons (Fsp3) is 0.412.